The number of hydrogen-bond donors (Lipinski definition) is 0. The lowest BCUT2D eigenvalue weighted by molar-refractivity contribution is -0.0500. The van der Waals surface area contributed by atoms with Crippen LogP contribution in [0.25, 0.3) is 16.8 Å². The van der Waals surface area contributed by atoms with Gasteiger partial charge in [-0.1, -0.05) is 44.2 Å². The lowest BCUT2D eigenvalue weighted by atomic mass is 9.77. The van der Waals surface area contributed by atoms with Crippen molar-refractivity contribution >= 4 is 16.8 Å². The van der Waals surface area contributed by atoms with Crippen LogP contribution in [0.4, 0.5) is 13.2 Å². The Morgan fingerprint density at radius 2 is 1.92 bits per heavy atom. The molecule has 0 saturated heterocycles. The molecule has 1 nitrogen and oxygen atoms in total. The molecule has 1 aliphatic carbocycles. The molecule has 0 aliphatic heterocycles. The Bertz CT molecular complexity index is 761. The third-order valence-corrected chi connectivity index (χ3v) is 5.42. The zero-order chi connectivity index (χ0) is 18.0. The summed E-state index contributed by atoms with van der Waals surface area (Å²) < 4.78 is 44.4. The van der Waals surface area contributed by atoms with Crippen molar-refractivity contribution in [3.05, 3.63) is 47.8 Å². The van der Waals surface area contributed by atoms with Gasteiger partial charge in [0.1, 0.15) is 11.6 Å². The van der Waals surface area contributed by atoms with E-state index < -0.39 is 12.4 Å². The number of halogens is 3. The van der Waals surface area contributed by atoms with E-state index in [0.29, 0.717) is 16.7 Å². The maximum atomic E-state index is 14.7. The highest BCUT2D eigenvalue weighted by Gasteiger charge is 2.22. The molecule has 1 aliphatic rings. The van der Waals surface area contributed by atoms with Gasteiger partial charge >= 0.3 is 6.61 Å². The number of benzene rings is 2. The smallest absolute Gasteiger partial charge is 0.387 e. The lowest BCUT2D eigenvalue weighted by Gasteiger charge is -2.28. The van der Waals surface area contributed by atoms with Crippen molar-refractivity contribution in [2.75, 3.05) is 0 Å². The van der Waals surface area contributed by atoms with Gasteiger partial charge in [0.25, 0.3) is 0 Å². The van der Waals surface area contributed by atoms with Crippen molar-refractivity contribution < 1.29 is 17.9 Å². The fraction of sp³-hybridized carbons (Fsp3) is 0.429. The molecular formula is C21H23F3O. The van der Waals surface area contributed by atoms with E-state index in [-0.39, 0.29) is 11.3 Å². The fourth-order valence-corrected chi connectivity index (χ4v) is 3.91. The summed E-state index contributed by atoms with van der Waals surface area (Å²) in [4.78, 5) is 0. The Morgan fingerprint density at radius 1 is 1.20 bits per heavy atom. The van der Waals surface area contributed by atoms with E-state index in [4.69, 9.17) is 0 Å². The second kappa shape index (κ2) is 7.51. The summed E-state index contributed by atoms with van der Waals surface area (Å²) in [6.07, 6.45) is 7.10. The molecule has 25 heavy (non-hydrogen) atoms. The normalized spacial score (nSPS) is 20.8. The van der Waals surface area contributed by atoms with Crippen LogP contribution in [0.2, 0.25) is 0 Å². The van der Waals surface area contributed by atoms with E-state index in [9.17, 15) is 13.2 Å². The molecule has 0 radical (unpaired) electrons. The molecule has 4 heteroatoms. The van der Waals surface area contributed by atoms with Crippen molar-refractivity contribution in [3.63, 3.8) is 0 Å². The van der Waals surface area contributed by atoms with Crippen LogP contribution in [0, 0.1) is 11.7 Å². The van der Waals surface area contributed by atoms with E-state index in [2.05, 4.69) is 18.2 Å². The molecule has 3 rings (SSSR count). The van der Waals surface area contributed by atoms with E-state index in [1.54, 1.807) is 6.07 Å². The molecule has 0 heterocycles. The van der Waals surface area contributed by atoms with Gasteiger partial charge in [-0.3, -0.25) is 0 Å². The van der Waals surface area contributed by atoms with Crippen molar-refractivity contribution in [1.29, 1.82) is 0 Å². The Balaban J connectivity index is 1.98. The molecule has 0 atom stereocenters. The van der Waals surface area contributed by atoms with Gasteiger partial charge in [-0.2, -0.15) is 8.78 Å². The minimum atomic E-state index is -3.00. The Morgan fingerprint density at radius 3 is 2.52 bits per heavy atom. The minimum Gasteiger partial charge on any atom is -0.434 e. The summed E-state index contributed by atoms with van der Waals surface area (Å²) in [7, 11) is 0. The minimum absolute atomic E-state index is 0.0241. The first kappa shape index (κ1) is 17.8. The largest absolute Gasteiger partial charge is 0.434 e. The van der Waals surface area contributed by atoms with Crippen LogP contribution in [0.15, 0.2) is 30.8 Å². The van der Waals surface area contributed by atoms with Crippen LogP contribution in [0.5, 0.6) is 5.75 Å². The molecule has 1 saturated carbocycles. The van der Waals surface area contributed by atoms with E-state index in [1.165, 1.54) is 31.4 Å². The molecule has 2 aromatic carbocycles. The first-order valence-electron chi connectivity index (χ1n) is 8.86. The number of fused-ring (bicyclic) bond motifs is 1. The summed E-state index contributed by atoms with van der Waals surface area (Å²) in [5, 5.41) is 0.997. The van der Waals surface area contributed by atoms with Gasteiger partial charge in [0.15, 0.2) is 0 Å². The summed E-state index contributed by atoms with van der Waals surface area (Å²) in [6, 6.07) is 7.11. The lowest BCUT2D eigenvalue weighted by Crippen LogP contribution is -2.12. The fourth-order valence-electron chi connectivity index (χ4n) is 3.91. The second-order valence-electron chi connectivity index (χ2n) is 6.79. The summed E-state index contributed by atoms with van der Waals surface area (Å²) in [6.45, 7) is 2.74. The Hall–Kier alpha value is -1.97. The van der Waals surface area contributed by atoms with E-state index in [1.807, 2.05) is 12.1 Å². The van der Waals surface area contributed by atoms with Crippen LogP contribution >= 0.6 is 0 Å². The van der Waals surface area contributed by atoms with Crippen LogP contribution in [-0.4, -0.2) is 6.61 Å². The molecule has 134 valence electrons. The molecule has 0 unspecified atom stereocenters. The van der Waals surface area contributed by atoms with Crippen LogP contribution < -0.4 is 4.74 Å². The average molecular weight is 348 g/mol. The second-order valence-corrected chi connectivity index (χ2v) is 6.79. The number of ether oxygens (including phenoxy) is 1. The highest BCUT2D eigenvalue weighted by molar-refractivity contribution is 5.88. The Kier molecular flexibility index (Phi) is 5.36. The molecule has 0 aromatic heterocycles. The summed E-state index contributed by atoms with van der Waals surface area (Å²) >= 11 is 0. The van der Waals surface area contributed by atoms with E-state index in [0.717, 1.165) is 24.3 Å². The first-order chi connectivity index (χ1) is 12.0. The van der Waals surface area contributed by atoms with Crippen molar-refractivity contribution in [2.24, 2.45) is 5.92 Å². The van der Waals surface area contributed by atoms with Crippen LogP contribution in [0.3, 0.4) is 0 Å². The summed E-state index contributed by atoms with van der Waals surface area (Å²) in [5.74, 6) is 0.524. The molecule has 0 N–H and O–H groups in total. The third kappa shape index (κ3) is 3.68. The van der Waals surface area contributed by atoms with Gasteiger partial charge in [-0.15, -0.1) is 0 Å². The van der Waals surface area contributed by atoms with Crippen molar-refractivity contribution in [1.82, 2.24) is 0 Å². The topological polar surface area (TPSA) is 9.23 Å². The van der Waals surface area contributed by atoms with Crippen molar-refractivity contribution in [2.45, 2.75) is 51.6 Å². The van der Waals surface area contributed by atoms with Crippen molar-refractivity contribution in [3.8, 4) is 5.75 Å². The quantitative estimate of drug-likeness (QED) is 0.570. The van der Waals surface area contributed by atoms with Crippen LogP contribution in [-0.2, 0) is 0 Å². The van der Waals surface area contributed by atoms with Gasteiger partial charge in [0, 0.05) is 5.39 Å². The number of alkyl halides is 2. The zero-order valence-electron chi connectivity index (χ0n) is 14.4. The molecule has 2 aromatic rings. The highest BCUT2D eigenvalue weighted by atomic mass is 19.3. The van der Waals surface area contributed by atoms with Gasteiger partial charge in [0.05, 0.1) is 5.56 Å². The van der Waals surface area contributed by atoms with Gasteiger partial charge in [0.2, 0.25) is 0 Å². The summed E-state index contributed by atoms with van der Waals surface area (Å²) in [5.41, 5.74) is 1.12. The third-order valence-electron chi connectivity index (χ3n) is 5.42. The monoisotopic (exact) mass is 348 g/mol. The van der Waals surface area contributed by atoms with Gasteiger partial charge in [-0.05, 0) is 54.5 Å². The maximum absolute atomic E-state index is 14.7. The number of hydrogen-bond acceptors (Lipinski definition) is 1. The number of rotatable bonds is 5. The molecule has 0 amide bonds. The average Bonchev–Trinajstić information content (AvgIpc) is 2.61. The Labute approximate surface area is 146 Å². The molecule has 0 bridgehead atoms. The predicted octanol–water partition coefficient (Wildman–Crippen LogP) is 6.91. The van der Waals surface area contributed by atoms with Gasteiger partial charge in [-0.25, -0.2) is 4.39 Å². The molecule has 0 spiro atoms. The predicted molar refractivity (Wildman–Crippen MR) is 95.6 cm³/mol. The molecular weight excluding hydrogens is 325 g/mol. The van der Waals surface area contributed by atoms with Crippen LogP contribution in [0.1, 0.15) is 56.1 Å². The maximum Gasteiger partial charge on any atom is 0.387 e. The highest BCUT2D eigenvalue weighted by Crippen LogP contribution is 2.39. The SMILES string of the molecule is C=Cc1c(OC(F)F)cc2cc(C3CCC(CC)CC3)ccc2c1F. The first-order valence-corrected chi connectivity index (χ1v) is 8.86. The standard InChI is InChI=1S/C21H23F3O/c1-3-13-5-7-14(8-6-13)15-9-10-18-16(11-15)12-19(25-21(23)24)17(4-2)20(18)22/h4,9-14,21H,2-3,5-8H2,1H3. The van der Waals surface area contributed by atoms with E-state index >= 15 is 0 Å². The molecule has 1 fully saturated rings. The zero-order valence-corrected chi connectivity index (χ0v) is 14.4. The van der Waals surface area contributed by atoms with Gasteiger partial charge < -0.3 is 4.74 Å².